The Balaban J connectivity index is 1.75. The van der Waals surface area contributed by atoms with Crippen LogP contribution in [-0.4, -0.2) is 32.7 Å². The van der Waals surface area contributed by atoms with E-state index in [9.17, 15) is 9.18 Å². The zero-order valence-corrected chi connectivity index (χ0v) is 22.5. The predicted molar refractivity (Wildman–Crippen MR) is 148 cm³/mol. The Kier molecular flexibility index (Phi) is 8.41. The van der Waals surface area contributed by atoms with Crippen LogP contribution in [0.2, 0.25) is 0 Å². The number of hydrogen-bond acceptors (Lipinski definition) is 4. The van der Waals surface area contributed by atoms with Crippen molar-refractivity contribution < 1.29 is 9.18 Å². The van der Waals surface area contributed by atoms with Crippen molar-refractivity contribution >= 4 is 23.4 Å². The van der Waals surface area contributed by atoms with Gasteiger partial charge in [0.05, 0.1) is 5.92 Å². The molecule has 4 rings (SSSR count). The van der Waals surface area contributed by atoms with Gasteiger partial charge >= 0.3 is 0 Å². The molecule has 2 aliphatic rings. The zero-order valence-electron chi connectivity index (χ0n) is 22.5. The van der Waals surface area contributed by atoms with E-state index in [-0.39, 0.29) is 5.91 Å². The third kappa shape index (κ3) is 6.27. The number of halogens is 1. The van der Waals surface area contributed by atoms with E-state index in [0.717, 1.165) is 59.4 Å². The Labute approximate surface area is 219 Å². The fourth-order valence-corrected chi connectivity index (χ4v) is 4.64. The number of aryl methyl sites for hydroxylation is 2. The van der Waals surface area contributed by atoms with E-state index in [0.29, 0.717) is 18.3 Å². The lowest BCUT2D eigenvalue weighted by Crippen LogP contribution is -2.26. The number of imidazole rings is 1. The van der Waals surface area contributed by atoms with E-state index in [2.05, 4.69) is 65.8 Å². The summed E-state index contributed by atoms with van der Waals surface area (Å²) in [6.07, 6.45) is 17.8. The van der Waals surface area contributed by atoms with Gasteiger partial charge in [-0.3, -0.25) is 4.79 Å². The number of rotatable bonds is 10. The molecule has 2 aromatic rings. The molecule has 0 radical (unpaired) electrons. The maximum Gasteiger partial charge on any atom is 0.231 e. The van der Waals surface area contributed by atoms with Gasteiger partial charge in [-0.05, 0) is 67.5 Å². The monoisotopic (exact) mass is 503 g/mol. The van der Waals surface area contributed by atoms with Crippen molar-refractivity contribution in [3.8, 4) is 0 Å². The lowest BCUT2D eigenvalue weighted by Gasteiger charge is -2.25. The number of carbonyl (C=O) groups excluding carboxylic acids is 1. The molecule has 0 aromatic carbocycles. The minimum Gasteiger partial charge on any atom is -0.384 e. The Morgan fingerprint density at radius 1 is 1.24 bits per heavy atom. The summed E-state index contributed by atoms with van der Waals surface area (Å²) in [6, 6.07) is 2.17. The van der Waals surface area contributed by atoms with E-state index in [1.807, 2.05) is 37.0 Å². The second-order valence-corrected chi connectivity index (χ2v) is 10.1. The molecule has 1 fully saturated rings. The fourth-order valence-electron chi connectivity index (χ4n) is 4.64. The van der Waals surface area contributed by atoms with E-state index in [1.54, 1.807) is 6.20 Å². The molecule has 1 amide bonds. The van der Waals surface area contributed by atoms with Gasteiger partial charge in [-0.1, -0.05) is 38.8 Å². The van der Waals surface area contributed by atoms with Gasteiger partial charge in [0.25, 0.3) is 0 Å². The van der Waals surface area contributed by atoms with Crippen LogP contribution in [0, 0.1) is 12.8 Å². The highest BCUT2D eigenvalue weighted by molar-refractivity contribution is 5.94. The van der Waals surface area contributed by atoms with Crippen molar-refractivity contribution in [1.82, 2.24) is 19.9 Å². The third-order valence-corrected chi connectivity index (χ3v) is 6.95. The van der Waals surface area contributed by atoms with Gasteiger partial charge in [0.15, 0.2) is 0 Å². The molecular formula is C30H38FN5O. The Morgan fingerprint density at radius 2 is 2.03 bits per heavy atom. The highest BCUT2D eigenvalue weighted by atomic mass is 19.1. The van der Waals surface area contributed by atoms with Crippen LogP contribution in [-0.2, 0) is 11.8 Å². The largest absolute Gasteiger partial charge is 0.384 e. The second-order valence-electron chi connectivity index (χ2n) is 10.1. The number of hydrogen-bond donors (Lipinski definition) is 2. The number of aromatic nitrogens is 3. The number of anilines is 1. The molecule has 37 heavy (non-hydrogen) atoms. The van der Waals surface area contributed by atoms with Gasteiger partial charge in [-0.25, -0.2) is 14.4 Å². The molecule has 3 heterocycles. The van der Waals surface area contributed by atoms with Crippen LogP contribution in [0.25, 0.3) is 11.6 Å². The number of amides is 1. The molecule has 2 N–H and O–H groups in total. The van der Waals surface area contributed by atoms with Crippen LogP contribution in [0.3, 0.4) is 0 Å². The first-order valence-corrected chi connectivity index (χ1v) is 13.3. The number of unbranched alkanes of at least 4 members (excludes halogenated alkanes) is 1. The van der Waals surface area contributed by atoms with E-state index >= 15 is 0 Å². The second kappa shape index (κ2) is 11.7. The summed E-state index contributed by atoms with van der Waals surface area (Å²) < 4.78 is 15.3. The number of dihydropyridines is 1. The number of alkyl halides is 1. The van der Waals surface area contributed by atoms with Crippen molar-refractivity contribution in [2.45, 2.75) is 72.0 Å². The summed E-state index contributed by atoms with van der Waals surface area (Å²) in [4.78, 5) is 21.4. The van der Waals surface area contributed by atoms with Gasteiger partial charge in [0, 0.05) is 49.0 Å². The van der Waals surface area contributed by atoms with E-state index < -0.39 is 12.1 Å². The van der Waals surface area contributed by atoms with Crippen LogP contribution in [0.5, 0.6) is 0 Å². The normalized spacial score (nSPS) is 21.7. The molecule has 1 aliphatic heterocycles. The van der Waals surface area contributed by atoms with Crippen LogP contribution >= 0.6 is 0 Å². The summed E-state index contributed by atoms with van der Waals surface area (Å²) in [5.74, 6) is 0.505. The van der Waals surface area contributed by atoms with E-state index in [4.69, 9.17) is 0 Å². The third-order valence-electron chi connectivity index (χ3n) is 6.95. The van der Waals surface area contributed by atoms with Gasteiger partial charge in [0.1, 0.15) is 17.8 Å². The van der Waals surface area contributed by atoms with Crippen molar-refractivity contribution in [3.63, 3.8) is 0 Å². The Bertz CT molecular complexity index is 1270. The first-order valence-electron chi connectivity index (χ1n) is 13.3. The molecule has 0 bridgehead atoms. The summed E-state index contributed by atoms with van der Waals surface area (Å²) in [5.41, 5.74) is 6.41. The number of allylic oxidation sites excluding steroid dienone is 5. The predicted octanol–water partition coefficient (Wildman–Crippen LogP) is 6.29. The van der Waals surface area contributed by atoms with E-state index in [1.165, 1.54) is 5.57 Å². The standard InChI is InChI=1S/C30H38FN5O/c1-6-8-10-23(29-32-11-12-36(29)5)24(26-18-33-22(9-7-2)13-20(26)4)15-21-17-34-28(14-19(21)3)35-30(37)25-16-27(25)31/h10-15,17-18,22,25,27,33H,6-9,16H2,1-5H3,(H,34,35,37)/b23-10-,24-15+. The summed E-state index contributed by atoms with van der Waals surface area (Å²) in [7, 11) is 2.01. The average molecular weight is 504 g/mol. The fraction of sp³-hybridized carbons (Fsp3) is 0.433. The molecule has 2 aromatic heterocycles. The topological polar surface area (TPSA) is 71.8 Å². The SMILES string of the molecule is CCC/C=C(/C(=C\c1cnc(NC(=O)C2CC2F)cc1C)C1=CNC(CCC)C=C1C)c1nccn1C. The highest BCUT2D eigenvalue weighted by Gasteiger charge is 2.43. The molecule has 7 heteroatoms. The smallest absolute Gasteiger partial charge is 0.231 e. The van der Waals surface area contributed by atoms with Gasteiger partial charge in [-0.15, -0.1) is 0 Å². The molecular weight excluding hydrogens is 465 g/mol. The maximum absolute atomic E-state index is 13.3. The summed E-state index contributed by atoms with van der Waals surface area (Å²) in [6.45, 7) is 8.54. The molecule has 3 unspecified atom stereocenters. The molecule has 0 saturated heterocycles. The van der Waals surface area contributed by atoms with Crippen molar-refractivity contribution in [3.05, 3.63) is 76.7 Å². The van der Waals surface area contributed by atoms with Crippen molar-refractivity contribution in [2.24, 2.45) is 13.0 Å². The van der Waals surface area contributed by atoms with Gasteiger partial charge in [0.2, 0.25) is 5.91 Å². The molecule has 1 aliphatic carbocycles. The Hall–Kier alpha value is -3.48. The lowest BCUT2D eigenvalue weighted by molar-refractivity contribution is -0.117. The molecule has 1 saturated carbocycles. The first-order chi connectivity index (χ1) is 17.8. The lowest BCUT2D eigenvalue weighted by atomic mass is 9.87. The number of nitrogens with one attached hydrogen (secondary N) is 2. The maximum atomic E-state index is 13.3. The average Bonchev–Trinajstić information content (AvgIpc) is 3.46. The van der Waals surface area contributed by atoms with Crippen LogP contribution < -0.4 is 10.6 Å². The van der Waals surface area contributed by atoms with Crippen molar-refractivity contribution in [1.29, 1.82) is 0 Å². The minimum atomic E-state index is -1.03. The molecule has 196 valence electrons. The van der Waals surface area contributed by atoms with Crippen LogP contribution in [0.1, 0.15) is 69.8 Å². The quantitative estimate of drug-likeness (QED) is 0.374. The summed E-state index contributed by atoms with van der Waals surface area (Å²) in [5, 5.41) is 6.33. The minimum absolute atomic E-state index is 0.296. The van der Waals surface area contributed by atoms with Gasteiger partial charge < -0.3 is 15.2 Å². The van der Waals surface area contributed by atoms with Crippen LogP contribution in [0.15, 0.2) is 59.7 Å². The zero-order chi connectivity index (χ0) is 26.5. The number of pyridine rings is 1. The Morgan fingerprint density at radius 3 is 2.62 bits per heavy atom. The van der Waals surface area contributed by atoms with Gasteiger partial charge in [-0.2, -0.15) is 0 Å². The molecule has 3 atom stereocenters. The highest BCUT2D eigenvalue weighted by Crippen LogP contribution is 2.36. The van der Waals surface area contributed by atoms with Crippen LogP contribution in [0.4, 0.5) is 10.2 Å². The molecule has 0 spiro atoms. The number of nitrogens with zero attached hydrogens (tertiary/aromatic N) is 3. The number of carbonyl (C=O) groups is 1. The first kappa shape index (κ1) is 26.6. The summed E-state index contributed by atoms with van der Waals surface area (Å²) >= 11 is 0. The molecule has 6 nitrogen and oxygen atoms in total. The van der Waals surface area contributed by atoms with Crippen molar-refractivity contribution in [2.75, 3.05) is 5.32 Å².